The van der Waals surface area contributed by atoms with Crippen LogP contribution in [0.1, 0.15) is 34.6 Å². The van der Waals surface area contributed by atoms with E-state index >= 15 is 0 Å². The molecule has 1 saturated carbocycles. The topological polar surface area (TPSA) is 97.1 Å². The van der Waals surface area contributed by atoms with Crippen LogP contribution in [-0.4, -0.2) is 37.3 Å². The first kappa shape index (κ1) is 13.5. The average Bonchev–Trinajstić information content (AvgIpc) is 3.12. The quantitative estimate of drug-likeness (QED) is 0.875. The van der Waals surface area contributed by atoms with Gasteiger partial charge in [-0.2, -0.15) is 5.10 Å². The minimum Gasteiger partial charge on any atom is -0.480 e. The summed E-state index contributed by atoms with van der Waals surface area (Å²) in [5.41, 5.74) is 1.34. The molecule has 21 heavy (non-hydrogen) atoms. The number of nitrogens with zero attached hydrogens (tertiary/aromatic N) is 3. The fourth-order valence-corrected chi connectivity index (χ4v) is 2.55. The first-order valence-electron chi connectivity index (χ1n) is 6.71. The zero-order valence-corrected chi connectivity index (χ0v) is 12.1. The average molecular weight is 288 g/mol. The van der Waals surface area contributed by atoms with Crippen molar-refractivity contribution in [2.75, 3.05) is 0 Å². The molecule has 110 valence electrons. The molecule has 2 aromatic rings. The van der Waals surface area contributed by atoms with Gasteiger partial charge in [-0.1, -0.05) is 0 Å². The summed E-state index contributed by atoms with van der Waals surface area (Å²) < 4.78 is 1.62. The number of hydrogen-bond acceptors (Lipinski definition) is 4. The van der Waals surface area contributed by atoms with E-state index in [1.165, 1.54) is 0 Å². The van der Waals surface area contributed by atoms with Crippen LogP contribution < -0.4 is 5.32 Å². The fourth-order valence-electron chi connectivity index (χ4n) is 2.55. The molecule has 0 radical (unpaired) electrons. The number of fused-ring (bicyclic) bond motifs is 1. The molecule has 0 atom stereocenters. The second kappa shape index (κ2) is 4.28. The number of rotatable bonds is 3. The number of aliphatic carboxylic acids is 1. The monoisotopic (exact) mass is 288 g/mol. The summed E-state index contributed by atoms with van der Waals surface area (Å²) in [7, 11) is 1.77. The van der Waals surface area contributed by atoms with E-state index in [4.69, 9.17) is 0 Å². The van der Waals surface area contributed by atoms with Crippen molar-refractivity contribution in [2.24, 2.45) is 7.05 Å². The maximum atomic E-state index is 12.5. The molecule has 0 bridgehead atoms. The third-order valence-corrected chi connectivity index (χ3v) is 3.85. The lowest BCUT2D eigenvalue weighted by molar-refractivity contribution is -0.140. The first-order chi connectivity index (χ1) is 9.84. The van der Waals surface area contributed by atoms with Crippen molar-refractivity contribution in [2.45, 2.75) is 32.2 Å². The molecule has 0 aliphatic heterocycles. The van der Waals surface area contributed by atoms with Crippen LogP contribution in [0.2, 0.25) is 0 Å². The predicted molar refractivity (Wildman–Crippen MR) is 75.1 cm³/mol. The summed E-state index contributed by atoms with van der Waals surface area (Å²) in [6.45, 7) is 3.60. The molecule has 1 fully saturated rings. The highest BCUT2D eigenvalue weighted by molar-refractivity contribution is 6.08. The molecule has 1 amide bonds. The zero-order valence-electron chi connectivity index (χ0n) is 12.1. The minimum atomic E-state index is -1.10. The number of carbonyl (C=O) groups excluding carboxylic acids is 1. The van der Waals surface area contributed by atoms with E-state index in [0.717, 1.165) is 0 Å². The van der Waals surface area contributed by atoms with Crippen LogP contribution >= 0.6 is 0 Å². The van der Waals surface area contributed by atoms with Gasteiger partial charge in [0.2, 0.25) is 0 Å². The standard InChI is InChI=1S/C14H16N4O3/c1-7-6-9(10-8(2)17-18(3)11(10)15-7)12(19)16-14(4-5-14)13(20)21/h6H,4-5H2,1-3H3,(H,16,19)(H,20,21). The van der Waals surface area contributed by atoms with E-state index in [1.54, 1.807) is 31.6 Å². The fraction of sp³-hybridized carbons (Fsp3) is 0.429. The van der Waals surface area contributed by atoms with Crippen LogP contribution in [0.25, 0.3) is 11.0 Å². The second-order valence-electron chi connectivity index (χ2n) is 5.56. The summed E-state index contributed by atoms with van der Waals surface area (Å²) in [6.07, 6.45) is 0.931. The number of amides is 1. The summed E-state index contributed by atoms with van der Waals surface area (Å²) in [5.74, 6) is -1.37. The molecule has 0 aromatic carbocycles. The van der Waals surface area contributed by atoms with Crippen LogP contribution in [-0.2, 0) is 11.8 Å². The lowest BCUT2D eigenvalue weighted by Gasteiger charge is -2.13. The van der Waals surface area contributed by atoms with Crippen molar-refractivity contribution in [3.63, 3.8) is 0 Å². The molecular formula is C14H16N4O3. The maximum Gasteiger partial charge on any atom is 0.329 e. The van der Waals surface area contributed by atoms with Gasteiger partial charge < -0.3 is 10.4 Å². The molecule has 2 aromatic heterocycles. The van der Waals surface area contributed by atoms with Crippen molar-refractivity contribution in [1.82, 2.24) is 20.1 Å². The van der Waals surface area contributed by atoms with Crippen molar-refractivity contribution in [3.05, 3.63) is 23.0 Å². The minimum absolute atomic E-state index is 0.387. The number of carboxylic acids is 1. The second-order valence-corrected chi connectivity index (χ2v) is 5.56. The summed E-state index contributed by atoms with van der Waals surface area (Å²) in [6, 6.07) is 1.67. The van der Waals surface area contributed by atoms with Gasteiger partial charge in [-0.3, -0.25) is 9.48 Å². The number of carbonyl (C=O) groups is 2. The van der Waals surface area contributed by atoms with Crippen molar-refractivity contribution in [1.29, 1.82) is 0 Å². The maximum absolute atomic E-state index is 12.5. The zero-order chi connectivity index (χ0) is 15.4. The molecule has 2 N–H and O–H groups in total. The highest BCUT2D eigenvalue weighted by atomic mass is 16.4. The van der Waals surface area contributed by atoms with E-state index in [2.05, 4.69) is 15.4 Å². The normalized spacial score (nSPS) is 16.0. The Morgan fingerprint density at radius 1 is 1.38 bits per heavy atom. The molecule has 0 spiro atoms. The first-order valence-corrected chi connectivity index (χ1v) is 6.71. The van der Waals surface area contributed by atoms with Crippen molar-refractivity contribution < 1.29 is 14.7 Å². The molecule has 1 aliphatic rings. The lowest BCUT2D eigenvalue weighted by atomic mass is 10.1. The number of pyridine rings is 1. The number of carboxylic acid groups (broad SMARTS) is 1. The van der Waals surface area contributed by atoms with Gasteiger partial charge in [0.15, 0.2) is 5.65 Å². The number of nitrogens with one attached hydrogen (secondary N) is 1. The Bertz CT molecular complexity index is 774. The number of aryl methyl sites for hydroxylation is 3. The molecule has 7 heteroatoms. The summed E-state index contributed by atoms with van der Waals surface area (Å²) >= 11 is 0. The van der Waals surface area contributed by atoms with Crippen LogP contribution in [0.15, 0.2) is 6.07 Å². The Morgan fingerprint density at radius 2 is 2.05 bits per heavy atom. The molecule has 3 rings (SSSR count). The van der Waals surface area contributed by atoms with Gasteiger partial charge in [0, 0.05) is 12.7 Å². The lowest BCUT2D eigenvalue weighted by Crippen LogP contribution is -2.43. The molecule has 7 nitrogen and oxygen atoms in total. The van der Waals surface area contributed by atoms with E-state index < -0.39 is 11.5 Å². The Balaban J connectivity index is 2.08. The van der Waals surface area contributed by atoms with Crippen molar-refractivity contribution >= 4 is 22.9 Å². The SMILES string of the molecule is Cc1cc(C(=O)NC2(C(=O)O)CC2)c2c(C)nn(C)c2n1. The Hall–Kier alpha value is -2.44. The van der Waals surface area contributed by atoms with Gasteiger partial charge in [0.25, 0.3) is 5.91 Å². The largest absolute Gasteiger partial charge is 0.480 e. The number of hydrogen-bond donors (Lipinski definition) is 2. The van der Waals surface area contributed by atoms with Gasteiger partial charge >= 0.3 is 5.97 Å². The van der Waals surface area contributed by atoms with Gasteiger partial charge in [-0.05, 0) is 32.8 Å². The predicted octanol–water partition coefficient (Wildman–Crippen LogP) is 0.932. The van der Waals surface area contributed by atoms with E-state index in [0.29, 0.717) is 40.8 Å². The molecule has 0 unspecified atom stereocenters. The molecule has 2 heterocycles. The van der Waals surface area contributed by atoms with Crippen LogP contribution in [0.3, 0.4) is 0 Å². The third kappa shape index (κ3) is 2.05. The molecular weight excluding hydrogens is 272 g/mol. The Kier molecular flexibility index (Phi) is 2.76. The van der Waals surface area contributed by atoms with Crippen LogP contribution in [0.5, 0.6) is 0 Å². The third-order valence-electron chi connectivity index (χ3n) is 3.85. The highest BCUT2D eigenvalue weighted by Gasteiger charge is 2.51. The summed E-state index contributed by atoms with van der Waals surface area (Å²) in [5, 5.41) is 16.8. The van der Waals surface area contributed by atoms with Crippen LogP contribution in [0, 0.1) is 13.8 Å². The number of aromatic nitrogens is 3. The van der Waals surface area contributed by atoms with Gasteiger partial charge in [0.1, 0.15) is 5.54 Å². The van der Waals surface area contributed by atoms with Gasteiger partial charge in [-0.25, -0.2) is 9.78 Å². The van der Waals surface area contributed by atoms with Gasteiger partial charge in [0.05, 0.1) is 16.6 Å². The van der Waals surface area contributed by atoms with E-state index in [1.807, 2.05) is 0 Å². The Labute approximate surface area is 121 Å². The highest BCUT2D eigenvalue weighted by Crippen LogP contribution is 2.36. The van der Waals surface area contributed by atoms with Crippen molar-refractivity contribution in [3.8, 4) is 0 Å². The van der Waals surface area contributed by atoms with Crippen LogP contribution in [0.4, 0.5) is 0 Å². The van der Waals surface area contributed by atoms with E-state index in [9.17, 15) is 14.7 Å². The van der Waals surface area contributed by atoms with Gasteiger partial charge in [-0.15, -0.1) is 0 Å². The Morgan fingerprint density at radius 3 is 2.62 bits per heavy atom. The van der Waals surface area contributed by atoms with E-state index in [-0.39, 0.29) is 5.91 Å². The summed E-state index contributed by atoms with van der Waals surface area (Å²) in [4.78, 5) is 28.1. The molecule has 0 saturated heterocycles. The molecule has 1 aliphatic carbocycles. The smallest absolute Gasteiger partial charge is 0.329 e.